The molecule has 4 nitrogen and oxygen atoms in total. The summed E-state index contributed by atoms with van der Waals surface area (Å²) in [4.78, 5) is 26.3. The molecule has 4 heteroatoms. The Labute approximate surface area is 109 Å². The lowest BCUT2D eigenvalue weighted by Crippen LogP contribution is -2.51. The highest BCUT2D eigenvalue weighted by atomic mass is 16.2. The molecule has 2 heterocycles. The van der Waals surface area contributed by atoms with Gasteiger partial charge in [0.1, 0.15) is 0 Å². The minimum atomic E-state index is -0.417. The quantitative estimate of drug-likeness (QED) is 0.778. The lowest BCUT2D eigenvalue weighted by atomic mass is 9.81. The lowest BCUT2D eigenvalue weighted by molar-refractivity contribution is -0.144. The van der Waals surface area contributed by atoms with Gasteiger partial charge in [-0.1, -0.05) is 13.8 Å². The number of carbonyl (C=O) groups excluding carboxylic acids is 2. The summed E-state index contributed by atoms with van der Waals surface area (Å²) in [6.45, 7) is 6.92. The van der Waals surface area contributed by atoms with Crippen molar-refractivity contribution in [3.05, 3.63) is 0 Å². The van der Waals surface area contributed by atoms with E-state index in [1.165, 1.54) is 0 Å². The summed E-state index contributed by atoms with van der Waals surface area (Å²) in [7, 11) is 0. The highest BCUT2D eigenvalue weighted by Crippen LogP contribution is 2.40. The van der Waals surface area contributed by atoms with E-state index in [1.54, 1.807) is 4.90 Å². The molecule has 2 saturated heterocycles. The molecule has 0 saturated carbocycles. The summed E-state index contributed by atoms with van der Waals surface area (Å²) in [5, 5.41) is 3.37. The van der Waals surface area contributed by atoms with E-state index in [9.17, 15) is 9.59 Å². The van der Waals surface area contributed by atoms with E-state index in [2.05, 4.69) is 12.2 Å². The zero-order valence-corrected chi connectivity index (χ0v) is 11.7. The van der Waals surface area contributed by atoms with Crippen LogP contribution in [0.4, 0.5) is 0 Å². The molecule has 2 atom stereocenters. The van der Waals surface area contributed by atoms with Crippen LogP contribution >= 0.6 is 0 Å². The van der Waals surface area contributed by atoms with Crippen LogP contribution in [0.5, 0.6) is 0 Å². The SMILES string of the molecule is CCC1(CC)CC(=O)N(C2CCC(C)NC2)C1=O. The fourth-order valence-electron chi connectivity index (χ4n) is 3.20. The van der Waals surface area contributed by atoms with Crippen molar-refractivity contribution < 1.29 is 9.59 Å². The Kier molecular flexibility index (Phi) is 3.76. The third-order valence-electron chi connectivity index (χ3n) is 4.78. The molecule has 2 rings (SSSR count). The summed E-state index contributed by atoms with van der Waals surface area (Å²) in [6.07, 6.45) is 3.91. The number of likely N-dealkylation sites (tertiary alicyclic amines) is 1. The van der Waals surface area contributed by atoms with Gasteiger partial charge < -0.3 is 5.32 Å². The van der Waals surface area contributed by atoms with Crippen LogP contribution in [-0.4, -0.2) is 35.3 Å². The smallest absolute Gasteiger partial charge is 0.236 e. The molecule has 0 aromatic rings. The highest BCUT2D eigenvalue weighted by molar-refractivity contribution is 6.06. The van der Waals surface area contributed by atoms with E-state index in [0.29, 0.717) is 12.5 Å². The van der Waals surface area contributed by atoms with Crippen molar-refractivity contribution in [2.45, 2.75) is 65.0 Å². The van der Waals surface area contributed by atoms with Crippen LogP contribution in [0.2, 0.25) is 0 Å². The van der Waals surface area contributed by atoms with E-state index < -0.39 is 5.41 Å². The van der Waals surface area contributed by atoms with Gasteiger partial charge in [0.05, 0.1) is 11.5 Å². The molecule has 0 aromatic heterocycles. The third kappa shape index (κ3) is 2.07. The molecule has 0 spiro atoms. The van der Waals surface area contributed by atoms with Crippen LogP contribution < -0.4 is 5.32 Å². The van der Waals surface area contributed by atoms with Crippen molar-refractivity contribution in [3.63, 3.8) is 0 Å². The fourth-order valence-corrected chi connectivity index (χ4v) is 3.20. The zero-order valence-electron chi connectivity index (χ0n) is 11.7. The van der Waals surface area contributed by atoms with Crippen molar-refractivity contribution in [2.24, 2.45) is 5.41 Å². The lowest BCUT2D eigenvalue weighted by Gasteiger charge is -2.34. The van der Waals surface area contributed by atoms with Crippen molar-refractivity contribution in [1.82, 2.24) is 10.2 Å². The fraction of sp³-hybridized carbons (Fsp3) is 0.857. The molecule has 2 fully saturated rings. The number of hydrogen-bond acceptors (Lipinski definition) is 3. The topological polar surface area (TPSA) is 49.4 Å². The minimum Gasteiger partial charge on any atom is -0.312 e. The van der Waals surface area contributed by atoms with E-state index >= 15 is 0 Å². The van der Waals surface area contributed by atoms with Gasteiger partial charge in [0, 0.05) is 19.0 Å². The normalized spacial score (nSPS) is 32.1. The maximum Gasteiger partial charge on any atom is 0.236 e. The molecule has 2 unspecified atom stereocenters. The van der Waals surface area contributed by atoms with Gasteiger partial charge >= 0.3 is 0 Å². The second-order valence-electron chi connectivity index (χ2n) is 5.77. The van der Waals surface area contributed by atoms with Crippen LogP contribution in [0.15, 0.2) is 0 Å². The van der Waals surface area contributed by atoms with Gasteiger partial charge in [-0.15, -0.1) is 0 Å². The summed E-state index contributed by atoms with van der Waals surface area (Å²) >= 11 is 0. The second kappa shape index (κ2) is 5.00. The van der Waals surface area contributed by atoms with Crippen molar-refractivity contribution >= 4 is 11.8 Å². The summed E-state index contributed by atoms with van der Waals surface area (Å²) in [5.41, 5.74) is -0.417. The monoisotopic (exact) mass is 252 g/mol. The molecule has 0 radical (unpaired) electrons. The Balaban J connectivity index is 2.14. The number of rotatable bonds is 3. The van der Waals surface area contributed by atoms with E-state index in [0.717, 1.165) is 32.2 Å². The number of hydrogen-bond donors (Lipinski definition) is 1. The number of carbonyl (C=O) groups is 2. The second-order valence-corrected chi connectivity index (χ2v) is 5.77. The van der Waals surface area contributed by atoms with Crippen molar-refractivity contribution in [2.75, 3.05) is 6.54 Å². The first-order chi connectivity index (χ1) is 8.54. The third-order valence-corrected chi connectivity index (χ3v) is 4.78. The van der Waals surface area contributed by atoms with Crippen molar-refractivity contribution in [1.29, 1.82) is 0 Å². The van der Waals surface area contributed by atoms with Crippen molar-refractivity contribution in [3.8, 4) is 0 Å². The van der Waals surface area contributed by atoms with Gasteiger partial charge in [-0.2, -0.15) is 0 Å². The highest BCUT2D eigenvalue weighted by Gasteiger charge is 2.51. The predicted molar refractivity (Wildman–Crippen MR) is 70.0 cm³/mol. The van der Waals surface area contributed by atoms with Crippen LogP contribution in [0.25, 0.3) is 0 Å². The Hall–Kier alpha value is -0.900. The molecule has 0 aromatic carbocycles. The maximum atomic E-state index is 12.6. The number of piperidine rings is 1. The van der Waals surface area contributed by atoms with Gasteiger partial charge in [-0.3, -0.25) is 14.5 Å². The average molecular weight is 252 g/mol. The largest absolute Gasteiger partial charge is 0.312 e. The molecule has 18 heavy (non-hydrogen) atoms. The first-order valence-corrected chi connectivity index (χ1v) is 7.14. The van der Waals surface area contributed by atoms with E-state index in [-0.39, 0.29) is 17.9 Å². The van der Waals surface area contributed by atoms with Crippen LogP contribution in [0, 0.1) is 5.41 Å². The molecule has 1 N–H and O–H groups in total. The predicted octanol–water partition coefficient (Wildman–Crippen LogP) is 1.69. The number of amides is 2. The van der Waals surface area contributed by atoms with Gasteiger partial charge in [-0.05, 0) is 32.6 Å². The summed E-state index contributed by atoms with van der Waals surface area (Å²) in [5.74, 6) is 0.101. The van der Waals surface area contributed by atoms with Gasteiger partial charge in [0.15, 0.2) is 0 Å². The van der Waals surface area contributed by atoms with Crippen LogP contribution in [0.1, 0.15) is 52.9 Å². The molecular weight excluding hydrogens is 228 g/mol. The summed E-state index contributed by atoms with van der Waals surface area (Å²) in [6, 6.07) is 0.567. The minimum absolute atomic E-state index is 0.0325. The Morgan fingerprint density at radius 2 is 1.94 bits per heavy atom. The molecule has 0 bridgehead atoms. The molecule has 2 aliphatic heterocycles. The van der Waals surface area contributed by atoms with Gasteiger partial charge in [0.25, 0.3) is 0 Å². The van der Waals surface area contributed by atoms with Gasteiger partial charge in [0.2, 0.25) is 11.8 Å². The number of imide groups is 1. The molecule has 0 aliphatic carbocycles. The average Bonchev–Trinajstić information content (AvgIpc) is 2.63. The van der Waals surface area contributed by atoms with Crippen LogP contribution in [-0.2, 0) is 9.59 Å². The Bertz CT molecular complexity index is 342. The summed E-state index contributed by atoms with van der Waals surface area (Å²) < 4.78 is 0. The first-order valence-electron chi connectivity index (χ1n) is 7.14. The zero-order chi connectivity index (χ0) is 13.3. The van der Waals surface area contributed by atoms with E-state index in [1.807, 2.05) is 13.8 Å². The molecule has 102 valence electrons. The molecular formula is C14H24N2O2. The van der Waals surface area contributed by atoms with E-state index in [4.69, 9.17) is 0 Å². The Morgan fingerprint density at radius 1 is 1.28 bits per heavy atom. The standard InChI is InChI=1S/C14H24N2O2/c1-4-14(5-2)8-12(17)16(13(14)18)11-7-6-10(3)15-9-11/h10-11,15H,4-9H2,1-3H3. The molecule has 2 amide bonds. The maximum absolute atomic E-state index is 12.6. The van der Waals surface area contributed by atoms with Crippen LogP contribution in [0.3, 0.4) is 0 Å². The number of nitrogens with one attached hydrogen (secondary N) is 1. The van der Waals surface area contributed by atoms with Gasteiger partial charge in [-0.25, -0.2) is 0 Å². The number of nitrogens with zero attached hydrogens (tertiary/aromatic N) is 1. The Morgan fingerprint density at radius 3 is 2.39 bits per heavy atom. The molecule has 2 aliphatic rings. The first kappa shape index (κ1) is 13.5.